The molecule has 0 spiro atoms. The van der Waals surface area contributed by atoms with Gasteiger partial charge in [0.15, 0.2) is 0 Å². The van der Waals surface area contributed by atoms with Crippen molar-refractivity contribution in [2.24, 2.45) is 29.4 Å². The molecule has 0 heterocycles. The third kappa shape index (κ3) is 3.30. The molecule has 13 heavy (non-hydrogen) atoms. The van der Waals surface area contributed by atoms with Crippen LogP contribution in [0.15, 0.2) is 0 Å². The Morgan fingerprint density at radius 1 is 1.46 bits per heavy atom. The molecule has 0 aromatic rings. The molecule has 3 unspecified atom stereocenters. The zero-order chi connectivity index (χ0) is 9.84. The maximum atomic E-state index is 5.73. The molecular formula is C12H25N. The van der Waals surface area contributed by atoms with Gasteiger partial charge in [-0.1, -0.05) is 33.6 Å². The highest BCUT2D eigenvalue weighted by Gasteiger charge is 2.35. The summed E-state index contributed by atoms with van der Waals surface area (Å²) in [6.45, 7) is 7.84. The first kappa shape index (κ1) is 11.0. The van der Waals surface area contributed by atoms with Crippen LogP contribution in [0.1, 0.15) is 46.5 Å². The van der Waals surface area contributed by atoms with Crippen LogP contribution in [-0.4, -0.2) is 6.54 Å². The average molecular weight is 183 g/mol. The first-order valence-electron chi connectivity index (χ1n) is 5.89. The van der Waals surface area contributed by atoms with Gasteiger partial charge in [-0.25, -0.2) is 0 Å². The molecule has 0 amide bonds. The summed E-state index contributed by atoms with van der Waals surface area (Å²) in [5.41, 5.74) is 5.73. The highest BCUT2D eigenvalue weighted by molar-refractivity contribution is 4.85. The Labute approximate surface area is 83.1 Å². The Kier molecular flexibility index (Phi) is 4.24. The lowest BCUT2D eigenvalue weighted by molar-refractivity contribution is 0.300. The normalized spacial score (nSPS) is 31.4. The minimum absolute atomic E-state index is 0.729. The summed E-state index contributed by atoms with van der Waals surface area (Å²) in [7, 11) is 0. The van der Waals surface area contributed by atoms with Gasteiger partial charge in [-0.15, -0.1) is 0 Å². The van der Waals surface area contributed by atoms with Crippen LogP contribution in [-0.2, 0) is 0 Å². The van der Waals surface area contributed by atoms with Crippen LogP contribution in [0, 0.1) is 23.7 Å². The van der Waals surface area contributed by atoms with Crippen molar-refractivity contribution in [3.05, 3.63) is 0 Å². The quantitative estimate of drug-likeness (QED) is 0.673. The van der Waals surface area contributed by atoms with Gasteiger partial charge in [0, 0.05) is 0 Å². The Morgan fingerprint density at radius 2 is 2.08 bits per heavy atom. The van der Waals surface area contributed by atoms with Gasteiger partial charge in [0.25, 0.3) is 0 Å². The molecular weight excluding hydrogens is 158 g/mol. The van der Waals surface area contributed by atoms with Crippen molar-refractivity contribution >= 4 is 0 Å². The standard InChI is InChI=1S/C12H25N/c1-4-5-11(10(3)8-13)7-12-6-9(12)2/h9-12H,4-8,13H2,1-3H3/t9?,10-,11?,12?/m1/s1. The lowest BCUT2D eigenvalue weighted by atomic mass is 9.85. The van der Waals surface area contributed by atoms with Gasteiger partial charge in [-0.3, -0.25) is 0 Å². The lowest BCUT2D eigenvalue weighted by Gasteiger charge is -2.22. The van der Waals surface area contributed by atoms with E-state index in [2.05, 4.69) is 20.8 Å². The van der Waals surface area contributed by atoms with E-state index in [4.69, 9.17) is 5.73 Å². The van der Waals surface area contributed by atoms with Crippen molar-refractivity contribution in [1.82, 2.24) is 0 Å². The van der Waals surface area contributed by atoms with Gasteiger partial charge in [-0.2, -0.15) is 0 Å². The van der Waals surface area contributed by atoms with Crippen LogP contribution in [0.5, 0.6) is 0 Å². The molecule has 1 nitrogen and oxygen atoms in total. The van der Waals surface area contributed by atoms with Crippen molar-refractivity contribution in [1.29, 1.82) is 0 Å². The van der Waals surface area contributed by atoms with Gasteiger partial charge < -0.3 is 5.73 Å². The highest BCUT2D eigenvalue weighted by atomic mass is 14.6. The second-order valence-electron chi connectivity index (χ2n) is 4.97. The third-order valence-electron chi connectivity index (χ3n) is 3.72. The summed E-state index contributed by atoms with van der Waals surface area (Å²) in [6, 6.07) is 0. The molecule has 1 aliphatic carbocycles. The Bertz CT molecular complexity index is 144. The first-order valence-corrected chi connectivity index (χ1v) is 5.89. The molecule has 1 rings (SSSR count). The minimum Gasteiger partial charge on any atom is -0.330 e. The number of nitrogens with two attached hydrogens (primary N) is 1. The van der Waals surface area contributed by atoms with Crippen LogP contribution < -0.4 is 5.73 Å². The molecule has 1 aliphatic rings. The molecule has 78 valence electrons. The molecule has 0 aliphatic heterocycles. The molecule has 0 aromatic carbocycles. The predicted octanol–water partition coefficient (Wildman–Crippen LogP) is 3.04. The molecule has 0 saturated heterocycles. The summed E-state index contributed by atoms with van der Waals surface area (Å²) in [4.78, 5) is 0. The van der Waals surface area contributed by atoms with Gasteiger partial charge in [0.1, 0.15) is 0 Å². The Balaban J connectivity index is 2.28. The van der Waals surface area contributed by atoms with Crippen molar-refractivity contribution in [3.8, 4) is 0 Å². The van der Waals surface area contributed by atoms with Crippen LogP contribution in [0.3, 0.4) is 0 Å². The smallest absolute Gasteiger partial charge is 0.00489 e. The zero-order valence-corrected chi connectivity index (χ0v) is 9.42. The van der Waals surface area contributed by atoms with Crippen LogP contribution in [0.4, 0.5) is 0 Å². The van der Waals surface area contributed by atoms with E-state index in [1.807, 2.05) is 0 Å². The van der Waals surface area contributed by atoms with Gasteiger partial charge in [0.05, 0.1) is 0 Å². The van der Waals surface area contributed by atoms with E-state index in [9.17, 15) is 0 Å². The minimum atomic E-state index is 0.729. The van der Waals surface area contributed by atoms with E-state index in [-0.39, 0.29) is 0 Å². The summed E-state index contributed by atoms with van der Waals surface area (Å²) < 4.78 is 0. The molecule has 0 radical (unpaired) electrons. The summed E-state index contributed by atoms with van der Waals surface area (Å²) in [6.07, 6.45) is 5.60. The van der Waals surface area contributed by atoms with Crippen molar-refractivity contribution in [2.45, 2.75) is 46.5 Å². The van der Waals surface area contributed by atoms with Crippen molar-refractivity contribution < 1.29 is 0 Å². The number of rotatable bonds is 6. The van der Waals surface area contributed by atoms with Crippen LogP contribution >= 0.6 is 0 Å². The maximum absolute atomic E-state index is 5.73. The van der Waals surface area contributed by atoms with Crippen molar-refractivity contribution in [3.63, 3.8) is 0 Å². The largest absolute Gasteiger partial charge is 0.330 e. The monoisotopic (exact) mass is 183 g/mol. The Morgan fingerprint density at radius 3 is 2.46 bits per heavy atom. The number of hydrogen-bond donors (Lipinski definition) is 1. The second-order valence-corrected chi connectivity index (χ2v) is 4.97. The van der Waals surface area contributed by atoms with Gasteiger partial charge >= 0.3 is 0 Å². The van der Waals surface area contributed by atoms with Crippen LogP contribution in [0.25, 0.3) is 0 Å². The predicted molar refractivity (Wildman–Crippen MR) is 58.5 cm³/mol. The summed E-state index contributed by atoms with van der Waals surface area (Å²) in [5.74, 6) is 3.66. The van der Waals surface area contributed by atoms with Gasteiger partial charge in [0.2, 0.25) is 0 Å². The summed E-state index contributed by atoms with van der Waals surface area (Å²) >= 11 is 0. The molecule has 1 heteroatoms. The summed E-state index contributed by atoms with van der Waals surface area (Å²) in [5, 5.41) is 0. The van der Waals surface area contributed by atoms with Crippen LogP contribution in [0.2, 0.25) is 0 Å². The number of hydrogen-bond acceptors (Lipinski definition) is 1. The van der Waals surface area contributed by atoms with E-state index in [0.29, 0.717) is 0 Å². The van der Waals surface area contributed by atoms with E-state index in [0.717, 1.165) is 30.2 Å². The average Bonchev–Trinajstić information content (AvgIpc) is 2.80. The fraction of sp³-hybridized carbons (Fsp3) is 1.00. The van der Waals surface area contributed by atoms with Gasteiger partial charge in [-0.05, 0) is 43.1 Å². The highest BCUT2D eigenvalue weighted by Crippen LogP contribution is 2.44. The molecule has 4 atom stereocenters. The van der Waals surface area contributed by atoms with Crippen molar-refractivity contribution in [2.75, 3.05) is 6.54 Å². The van der Waals surface area contributed by atoms with E-state index >= 15 is 0 Å². The van der Waals surface area contributed by atoms with E-state index in [1.165, 1.54) is 25.7 Å². The fourth-order valence-corrected chi connectivity index (χ4v) is 2.31. The molecule has 0 aromatic heterocycles. The molecule has 1 saturated carbocycles. The molecule has 1 fully saturated rings. The maximum Gasteiger partial charge on any atom is -0.00489 e. The first-order chi connectivity index (χ1) is 6.19. The van der Waals surface area contributed by atoms with E-state index < -0.39 is 0 Å². The zero-order valence-electron chi connectivity index (χ0n) is 9.42. The Hall–Kier alpha value is -0.0400. The SMILES string of the molecule is CCCC(CC1CC1C)[C@H](C)CN. The molecule has 0 bridgehead atoms. The second kappa shape index (κ2) is 4.99. The van der Waals surface area contributed by atoms with E-state index in [1.54, 1.807) is 0 Å². The molecule has 2 N–H and O–H groups in total. The fourth-order valence-electron chi connectivity index (χ4n) is 2.31. The lowest BCUT2D eigenvalue weighted by Crippen LogP contribution is -2.21. The third-order valence-corrected chi connectivity index (χ3v) is 3.72. The topological polar surface area (TPSA) is 26.0 Å².